The van der Waals surface area contributed by atoms with E-state index in [1.807, 2.05) is 24.8 Å². The molecule has 2 heterocycles. The summed E-state index contributed by atoms with van der Waals surface area (Å²) in [5.41, 5.74) is 7.12. The molecule has 0 bridgehead atoms. The molecule has 0 fully saturated rings. The number of benzene rings is 2. The van der Waals surface area contributed by atoms with Crippen molar-refractivity contribution >= 4 is 53.2 Å². The summed E-state index contributed by atoms with van der Waals surface area (Å²) in [5.74, 6) is 0. The fraction of sp³-hybridized carbons (Fsp3) is 0.0667. The van der Waals surface area contributed by atoms with Crippen LogP contribution in [-0.4, -0.2) is 26.8 Å². The number of nitrogens with zero attached hydrogens (tertiary/aromatic N) is 4. The minimum absolute atomic E-state index is 0. The zero-order chi connectivity index (χ0) is 23.9. The van der Waals surface area contributed by atoms with E-state index in [0.717, 1.165) is 11.1 Å². The number of aryl methyl sites for hydroxylation is 2. The van der Waals surface area contributed by atoms with E-state index < -0.39 is 0 Å². The van der Waals surface area contributed by atoms with Gasteiger partial charge >= 0.3 is 30.2 Å². The summed E-state index contributed by atoms with van der Waals surface area (Å²) in [6, 6.07) is 21.4. The Morgan fingerprint density at radius 3 is 1.29 bits per heavy atom. The molecule has 4 nitrogen and oxygen atoms in total. The zero-order valence-corrected chi connectivity index (χ0v) is 26.9. The normalized spacial score (nSPS) is 9.18. The third-order valence-electron chi connectivity index (χ3n) is 5.53. The van der Waals surface area contributed by atoms with E-state index in [1.165, 1.54) is 67.1 Å². The van der Waals surface area contributed by atoms with Crippen LogP contribution in [0, 0.1) is 28.7 Å². The Bertz CT molecular complexity index is 1400. The fourth-order valence-corrected chi connectivity index (χ4v) is 4.15. The van der Waals surface area contributed by atoms with Gasteiger partial charge in [-0.25, -0.2) is 19.9 Å². The van der Waals surface area contributed by atoms with Gasteiger partial charge in [0.25, 0.3) is 0 Å². The van der Waals surface area contributed by atoms with Crippen LogP contribution in [0.25, 0.3) is 43.8 Å². The quantitative estimate of drug-likeness (QED) is 0.143. The molecule has 0 N–H and O–H groups in total. The molecule has 6 aromatic rings. The monoisotopic (exact) mass is 634 g/mol. The molecule has 0 aliphatic heterocycles. The third-order valence-corrected chi connectivity index (χ3v) is 5.53. The first-order valence-corrected chi connectivity index (χ1v) is 15.0. The van der Waals surface area contributed by atoms with Gasteiger partial charge in [-0.15, -0.1) is 93.9 Å². The molecule has 0 saturated heterocycles. The summed E-state index contributed by atoms with van der Waals surface area (Å²) in [5, 5.41) is 5.10. The van der Waals surface area contributed by atoms with Gasteiger partial charge in [0.05, 0.1) is 0 Å². The Morgan fingerprint density at radius 1 is 0.605 bits per heavy atom. The topological polar surface area (TPSA) is 51.6 Å². The molecule has 0 saturated carbocycles. The summed E-state index contributed by atoms with van der Waals surface area (Å²) < 4.78 is 0. The molecule has 0 amide bonds. The van der Waals surface area contributed by atoms with Crippen molar-refractivity contribution in [3.63, 3.8) is 0 Å². The van der Waals surface area contributed by atoms with Gasteiger partial charge in [0.15, 0.2) is 0 Å². The van der Waals surface area contributed by atoms with E-state index in [-0.39, 0.29) is 39.7 Å². The Hall–Kier alpha value is -2.50. The van der Waals surface area contributed by atoms with E-state index in [1.54, 1.807) is 12.7 Å². The molecule has 38 heavy (non-hydrogen) atoms. The van der Waals surface area contributed by atoms with Gasteiger partial charge in [0.2, 0.25) is 0 Å². The molecule has 196 valence electrons. The maximum absolute atomic E-state index is 4.06. The molecule has 0 spiro atoms. The number of fused-ring (bicyclic) bond motifs is 2. The first-order chi connectivity index (χ1) is 16.7. The van der Waals surface area contributed by atoms with Gasteiger partial charge in [-0.05, 0) is 0 Å². The Balaban J connectivity index is 0.000000616. The number of aromatic nitrogens is 4. The molecule has 0 unspecified atom stereocenters. The van der Waals surface area contributed by atoms with Crippen LogP contribution in [-0.2, 0) is 23.3 Å². The van der Waals surface area contributed by atoms with Crippen LogP contribution in [0.4, 0.5) is 0 Å². The minimum atomic E-state index is 0. The van der Waals surface area contributed by atoms with Crippen LogP contribution in [0.5, 0.6) is 0 Å². The van der Waals surface area contributed by atoms with Crippen molar-refractivity contribution in [1.29, 1.82) is 0 Å². The van der Waals surface area contributed by atoms with Crippen LogP contribution in [0.15, 0.2) is 98.1 Å². The Kier molecular flexibility index (Phi) is 16.0. The van der Waals surface area contributed by atoms with Crippen LogP contribution >= 0.6 is 24.8 Å². The van der Waals surface area contributed by atoms with Crippen LogP contribution in [0.1, 0.15) is 11.1 Å². The molecular weight excluding hydrogens is 607 g/mol. The molecular formula is C30H30Cl2N4SiZr-4. The number of hydrogen-bond acceptors (Lipinski definition) is 4. The van der Waals surface area contributed by atoms with Crippen molar-refractivity contribution in [2.45, 2.75) is 13.8 Å². The molecule has 8 heteroatoms. The molecule has 0 atom stereocenters. The second-order valence-corrected chi connectivity index (χ2v) is 7.94. The third kappa shape index (κ3) is 8.25. The number of rotatable bonds is 2. The van der Waals surface area contributed by atoms with Crippen molar-refractivity contribution in [3.05, 3.63) is 124 Å². The molecule has 4 aromatic carbocycles. The maximum atomic E-state index is 4.06. The van der Waals surface area contributed by atoms with Gasteiger partial charge in [-0.3, -0.25) is 0 Å². The summed E-state index contributed by atoms with van der Waals surface area (Å²) >= 11 is 1.36. The summed E-state index contributed by atoms with van der Waals surface area (Å²) in [6.07, 6.45) is 10.5. The Labute approximate surface area is 255 Å². The van der Waals surface area contributed by atoms with E-state index >= 15 is 0 Å². The van der Waals surface area contributed by atoms with E-state index in [0.29, 0.717) is 0 Å². The van der Waals surface area contributed by atoms with Crippen molar-refractivity contribution in [3.8, 4) is 22.3 Å². The predicted molar refractivity (Wildman–Crippen MR) is 164 cm³/mol. The summed E-state index contributed by atoms with van der Waals surface area (Å²) in [4.78, 5) is 16.3. The van der Waals surface area contributed by atoms with Gasteiger partial charge in [0, 0.05) is 35.9 Å². The van der Waals surface area contributed by atoms with E-state index in [2.05, 4.69) is 101 Å². The van der Waals surface area contributed by atoms with Crippen LogP contribution in [0.2, 0.25) is 0 Å². The van der Waals surface area contributed by atoms with Gasteiger partial charge in [-0.1, -0.05) is 37.1 Å². The zero-order valence-electron chi connectivity index (χ0n) is 21.8. The molecule has 6 rings (SSSR count). The van der Waals surface area contributed by atoms with Crippen LogP contribution < -0.4 is 0 Å². The van der Waals surface area contributed by atoms with Gasteiger partial charge in [-0.2, -0.15) is 12.1 Å². The predicted octanol–water partition coefficient (Wildman–Crippen LogP) is 8.01. The fourth-order valence-electron chi connectivity index (χ4n) is 4.15. The average Bonchev–Trinajstić information content (AvgIpc) is 3.47. The second kappa shape index (κ2) is 17.2. The first kappa shape index (κ1) is 35.5. The second-order valence-electron chi connectivity index (χ2n) is 7.94. The Morgan fingerprint density at radius 2 is 0.947 bits per heavy atom. The molecule has 2 radical (unpaired) electrons. The van der Waals surface area contributed by atoms with Crippen LogP contribution in [0.3, 0.4) is 0 Å². The van der Waals surface area contributed by atoms with Crippen molar-refractivity contribution in [1.82, 2.24) is 19.9 Å². The molecule has 2 aromatic heterocycles. The molecule has 0 aliphatic carbocycles. The van der Waals surface area contributed by atoms with Crippen molar-refractivity contribution < 1.29 is 23.3 Å². The first-order valence-electron chi connectivity index (χ1n) is 10.8. The standard InChI is InChI=1S/2C14H11N2.2CH3.2ClH.Si.Zr/c2*1-10-5-11-3-2-4-13(14(11)6-10)12-7-15-9-16-8-12;;;;;;/h2*2-9H,1H3;2*1H3;2*1H;;/q4*-1;;;;. The number of halogens is 2. The summed E-state index contributed by atoms with van der Waals surface area (Å²) in [7, 11) is 0. The van der Waals surface area contributed by atoms with Crippen molar-refractivity contribution in [2.75, 3.05) is 0 Å². The van der Waals surface area contributed by atoms with Gasteiger partial charge in [0.1, 0.15) is 12.7 Å². The van der Waals surface area contributed by atoms with Gasteiger partial charge < -0.3 is 14.9 Å². The molecule has 0 aliphatic rings. The number of hydrogen-bond donors (Lipinski definition) is 0. The summed E-state index contributed by atoms with van der Waals surface area (Å²) in [6.45, 7) is 7.29. The van der Waals surface area contributed by atoms with Crippen molar-refractivity contribution in [2.24, 2.45) is 0 Å². The average molecular weight is 637 g/mol. The SMILES string of the molecule is Cc1cc2c(-c3cncnc3)cccc2[cH-]1.Cc1cc2c(-c3cncnc3)cccc2[cH-]1.Cl.Cl.[CH3-].[CH3-].[Si]=[Zr]. The van der Waals surface area contributed by atoms with E-state index in [9.17, 15) is 0 Å². The van der Waals surface area contributed by atoms with E-state index in [4.69, 9.17) is 0 Å².